The number of anilines is 2. The molecule has 0 aliphatic carbocycles. The van der Waals surface area contributed by atoms with E-state index in [9.17, 15) is 14.9 Å². The highest BCUT2D eigenvalue weighted by Crippen LogP contribution is 2.29. The fourth-order valence-corrected chi connectivity index (χ4v) is 4.33. The topological polar surface area (TPSA) is 135 Å². The van der Waals surface area contributed by atoms with Gasteiger partial charge in [-0.3, -0.25) is 19.9 Å². The van der Waals surface area contributed by atoms with Crippen LogP contribution in [0.2, 0.25) is 0 Å². The van der Waals surface area contributed by atoms with Gasteiger partial charge in [0.05, 0.1) is 16.7 Å². The van der Waals surface area contributed by atoms with Gasteiger partial charge in [0.25, 0.3) is 17.4 Å². The fraction of sp³-hybridized carbons (Fsp3) is 0.292. The van der Waals surface area contributed by atoms with Gasteiger partial charge in [0.15, 0.2) is 0 Å². The van der Waals surface area contributed by atoms with E-state index in [1.165, 1.54) is 12.4 Å². The summed E-state index contributed by atoms with van der Waals surface area (Å²) in [5.41, 5.74) is 2.07. The minimum Gasteiger partial charge on any atom is -0.371 e. The highest BCUT2D eigenvalue weighted by Gasteiger charge is 2.26. The lowest BCUT2D eigenvalue weighted by Crippen LogP contribution is -2.49. The first-order chi connectivity index (χ1) is 17.4. The highest BCUT2D eigenvalue weighted by atomic mass is 16.6. The zero-order valence-electron chi connectivity index (χ0n) is 19.9. The van der Waals surface area contributed by atoms with Crippen LogP contribution in [0.1, 0.15) is 34.7 Å². The number of aryl methyl sites for hydroxylation is 1. The number of piperazine rings is 1. The molecule has 1 aliphatic rings. The van der Waals surface area contributed by atoms with Crippen molar-refractivity contribution in [1.29, 1.82) is 0 Å². The molecule has 1 unspecified atom stereocenters. The Morgan fingerprint density at radius 2 is 1.92 bits per heavy atom. The molecule has 1 fully saturated rings. The van der Waals surface area contributed by atoms with Gasteiger partial charge < -0.3 is 15.1 Å². The molecule has 0 bridgehead atoms. The first kappa shape index (κ1) is 23.1. The molecular formula is C24H25N9O3. The summed E-state index contributed by atoms with van der Waals surface area (Å²) >= 11 is 0. The SMILES string of the molecule is Cc1cc(N2CCN(C(=O)c3ccc(NC(C)c4ccccn4)c([N+](=O)[O-])c3)CC2)n2ncnc2n1. The summed E-state index contributed by atoms with van der Waals surface area (Å²) in [5.74, 6) is 1.16. The molecule has 5 rings (SSSR count). The molecular weight excluding hydrogens is 462 g/mol. The highest BCUT2D eigenvalue weighted by molar-refractivity contribution is 5.96. The van der Waals surface area contributed by atoms with Crippen molar-refractivity contribution in [1.82, 2.24) is 29.5 Å². The standard InChI is InChI=1S/C24H25N9O3/c1-16-13-22(32-24(28-16)26-15-27-32)30-9-11-31(12-10-30)23(34)18-6-7-20(21(14-18)33(35)36)29-17(2)19-5-3-4-8-25-19/h3-8,13-15,17,29H,9-12H2,1-2H3. The molecule has 0 saturated carbocycles. The zero-order chi connectivity index (χ0) is 25.2. The lowest BCUT2D eigenvalue weighted by molar-refractivity contribution is -0.384. The van der Waals surface area contributed by atoms with Gasteiger partial charge in [0.1, 0.15) is 17.8 Å². The Kier molecular flexibility index (Phi) is 6.15. The Bertz CT molecular complexity index is 1420. The summed E-state index contributed by atoms with van der Waals surface area (Å²) in [7, 11) is 0. The number of nitrogens with one attached hydrogen (secondary N) is 1. The first-order valence-electron chi connectivity index (χ1n) is 11.6. The molecule has 1 aliphatic heterocycles. The monoisotopic (exact) mass is 487 g/mol. The van der Waals surface area contributed by atoms with E-state index >= 15 is 0 Å². The van der Waals surface area contributed by atoms with Crippen molar-refractivity contribution in [3.8, 4) is 0 Å². The Balaban J connectivity index is 1.30. The second kappa shape index (κ2) is 9.56. The van der Waals surface area contributed by atoms with Crippen molar-refractivity contribution in [2.24, 2.45) is 0 Å². The quantitative estimate of drug-likeness (QED) is 0.322. The number of hydrogen-bond donors (Lipinski definition) is 1. The van der Waals surface area contributed by atoms with Crippen molar-refractivity contribution in [3.63, 3.8) is 0 Å². The normalized spacial score (nSPS) is 14.6. The molecule has 1 N–H and O–H groups in total. The van der Waals surface area contributed by atoms with Crippen molar-refractivity contribution >= 4 is 28.9 Å². The summed E-state index contributed by atoms with van der Waals surface area (Å²) in [6, 6.07) is 11.8. The second-order valence-corrected chi connectivity index (χ2v) is 8.62. The van der Waals surface area contributed by atoms with Crippen molar-refractivity contribution in [3.05, 3.63) is 82.1 Å². The number of rotatable bonds is 6. The van der Waals surface area contributed by atoms with Gasteiger partial charge in [0.2, 0.25) is 0 Å². The van der Waals surface area contributed by atoms with Crippen molar-refractivity contribution < 1.29 is 9.72 Å². The average Bonchev–Trinajstić information content (AvgIpc) is 3.37. The second-order valence-electron chi connectivity index (χ2n) is 8.62. The van der Waals surface area contributed by atoms with E-state index in [1.54, 1.807) is 27.7 Å². The molecule has 1 aromatic carbocycles. The fourth-order valence-electron chi connectivity index (χ4n) is 4.33. The third kappa shape index (κ3) is 4.52. The van der Waals surface area contributed by atoms with E-state index in [-0.39, 0.29) is 23.2 Å². The van der Waals surface area contributed by atoms with Crippen LogP contribution in [0, 0.1) is 17.0 Å². The molecule has 36 heavy (non-hydrogen) atoms. The number of carbonyl (C=O) groups excluding carboxylic acids is 1. The minimum atomic E-state index is -0.475. The van der Waals surface area contributed by atoms with Crippen LogP contribution in [0.25, 0.3) is 5.78 Å². The van der Waals surface area contributed by atoms with E-state index in [1.807, 2.05) is 38.1 Å². The number of pyridine rings is 1. The van der Waals surface area contributed by atoms with Gasteiger partial charge in [-0.15, -0.1) is 0 Å². The predicted molar refractivity (Wildman–Crippen MR) is 133 cm³/mol. The summed E-state index contributed by atoms with van der Waals surface area (Å²) < 4.78 is 1.69. The number of fused-ring (bicyclic) bond motifs is 1. The molecule has 0 spiro atoms. The molecule has 1 atom stereocenters. The van der Waals surface area contributed by atoms with Gasteiger partial charge in [-0.05, 0) is 38.1 Å². The number of hydrogen-bond acceptors (Lipinski definition) is 9. The van der Waals surface area contributed by atoms with Crippen LogP contribution in [-0.2, 0) is 0 Å². The summed E-state index contributed by atoms with van der Waals surface area (Å²) in [4.78, 5) is 41.2. The van der Waals surface area contributed by atoms with Crippen LogP contribution in [0.15, 0.2) is 55.0 Å². The van der Waals surface area contributed by atoms with E-state index in [0.29, 0.717) is 37.6 Å². The van der Waals surface area contributed by atoms with Crippen LogP contribution in [-0.4, -0.2) is 66.5 Å². The molecule has 1 amide bonds. The minimum absolute atomic E-state index is 0.150. The molecule has 4 heterocycles. The smallest absolute Gasteiger partial charge is 0.293 e. The average molecular weight is 488 g/mol. The zero-order valence-corrected chi connectivity index (χ0v) is 19.9. The number of nitro benzene ring substituents is 1. The van der Waals surface area contributed by atoms with Gasteiger partial charge in [-0.2, -0.15) is 14.6 Å². The third-order valence-electron chi connectivity index (χ3n) is 6.20. The van der Waals surface area contributed by atoms with Crippen molar-refractivity contribution in [2.75, 3.05) is 36.4 Å². The maximum Gasteiger partial charge on any atom is 0.293 e. The molecule has 184 valence electrons. The Morgan fingerprint density at radius 1 is 1.11 bits per heavy atom. The molecule has 1 saturated heterocycles. The number of amides is 1. The number of aromatic nitrogens is 5. The number of nitro groups is 1. The summed E-state index contributed by atoms with van der Waals surface area (Å²) in [6.07, 6.45) is 3.14. The first-order valence-corrected chi connectivity index (χ1v) is 11.6. The number of nitrogens with zero attached hydrogens (tertiary/aromatic N) is 8. The molecule has 4 aromatic rings. The maximum absolute atomic E-state index is 13.2. The van der Waals surface area contributed by atoms with E-state index in [0.717, 1.165) is 17.2 Å². The van der Waals surface area contributed by atoms with Crippen molar-refractivity contribution in [2.45, 2.75) is 19.9 Å². The van der Waals surface area contributed by atoms with Gasteiger partial charge in [-0.1, -0.05) is 6.07 Å². The van der Waals surface area contributed by atoms with Gasteiger partial charge >= 0.3 is 0 Å². The van der Waals surface area contributed by atoms with Crippen LogP contribution in [0.5, 0.6) is 0 Å². The van der Waals surface area contributed by atoms with Crippen LogP contribution in [0.3, 0.4) is 0 Å². The lowest BCUT2D eigenvalue weighted by Gasteiger charge is -2.36. The van der Waals surface area contributed by atoms with Crippen LogP contribution < -0.4 is 10.2 Å². The van der Waals surface area contributed by atoms with Gasteiger partial charge in [0, 0.05) is 55.8 Å². The molecule has 3 aromatic heterocycles. The van der Waals surface area contributed by atoms with E-state index < -0.39 is 4.92 Å². The molecule has 12 heteroatoms. The number of benzene rings is 1. The van der Waals surface area contributed by atoms with Crippen LogP contribution in [0.4, 0.5) is 17.2 Å². The van der Waals surface area contributed by atoms with E-state index in [4.69, 9.17) is 0 Å². The predicted octanol–water partition coefficient (Wildman–Crippen LogP) is 2.87. The summed E-state index contributed by atoms with van der Waals surface area (Å²) in [6.45, 7) is 5.91. The lowest BCUT2D eigenvalue weighted by atomic mass is 10.1. The third-order valence-corrected chi connectivity index (χ3v) is 6.20. The largest absolute Gasteiger partial charge is 0.371 e. The molecule has 12 nitrogen and oxygen atoms in total. The Labute approximate surface area is 206 Å². The molecule has 0 radical (unpaired) electrons. The Morgan fingerprint density at radius 3 is 2.64 bits per heavy atom. The van der Waals surface area contributed by atoms with Crippen LogP contribution >= 0.6 is 0 Å². The number of carbonyl (C=O) groups is 1. The Hall–Kier alpha value is -4.61. The van der Waals surface area contributed by atoms with E-state index in [2.05, 4.69) is 30.3 Å². The maximum atomic E-state index is 13.2. The summed E-state index contributed by atoms with van der Waals surface area (Å²) in [5, 5.41) is 19.2. The van der Waals surface area contributed by atoms with Gasteiger partial charge in [-0.25, -0.2) is 4.98 Å².